The molecular formula is C22H27NO5. The van der Waals surface area contributed by atoms with Crippen molar-refractivity contribution in [3.8, 4) is 0 Å². The monoisotopic (exact) mass is 385 g/mol. The van der Waals surface area contributed by atoms with Crippen molar-refractivity contribution in [2.24, 2.45) is 0 Å². The maximum atomic E-state index is 12.3. The van der Waals surface area contributed by atoms with Crippen LogP contribution in [0, 0.1) is 20.8 Å². The molecule has 0 aliphatic rings. The van der Waals surface area contributed by atoms with Gasteiger partial charge in [0, 0.05) is 24.3 Å². The summed E-state index contributed by atoms with van der Waals surface area (Å²) in [5, 5.41) is 2.84. The fourth-order valence-corrected chi connectivity index (χ4v) is 3.02. The second-order valence-corrected chi connectivity index (χ2v) is 6.49. The molecule has 1 rings (SSSR count). The maximum Gasteiger partial charge on any atom is 0.330 e. The van der Waals surface area contributed by atoms with Crippen LogP contribution >= 0.6 is 0 Å². The zero-order valence-electron chi connectivity index (χ0n) is 17.3. The smallest absolute Gasteiger partial charge is 0.330 e. The molecule has 0 saturated heterocycles. The Morgan fingerprint density at radius 2 is 1.54 bits per heavy atom. The summed E-state index contributed by atoms with van der Waals surface area (Å²) in [5.41, 5.74) is 5.22. The number of anilines is 1. The number of allylic oxidation sites excluding steroid dienone is 2. The normalized spacial score (nSPS) is 11.1. The van der Waals surface area contributed by atoms with Crippen molar-refractivity contribution in [1.29, 1.82) is 0 Å². The van der Waals surface area contributed by atoms with Gasteiger partial charge in [-0.2, -0.15) is 0 Å². The minimum Gasteiger partial charge on any atom is -0.466 e. The number of esters is 1. The van der Waals surface area contributed by atoms with Crippen molar-refractivity contribution in [2.75, 3.05) is 12.4 Å². The van der Waals surface area contributed by atoms with Crippen LogP contribution in [0.25, 0.3) is 0 Å². The number of hydrogen-bond donors (Lipinski definition) is 1. The Labute approximate surface area is 165 Å². The molecule has 1 amide bonds. The third-order valence-corrected chi connectivity index (χ3v) is 4.61. The largest absolute Gasteiger partial charge is 0.466 e. The van der Waals surface area contributed by atoms with Gasteiger partial charge in [0.1, 0.15) is 0 Å². The lowest BCUT2D eigenvalue weighted by molar-refractivity contribution is -0.135. The van der Waals surface area contributed by atoms with Gasteiger partial charge in [0.2, 0.25) is 5.91 Å². The summed E-state index contributed by atoms with van der Waals surface area (Å²) in [6.07, 6.45) is 5.59. The number of carbonyl (C=O) groups excluding carboxylic acids is 4. The van der Waals surface area contributed by atoms with Gasteiger partial charge in [-0.15, -0.1) is 0 Å². The highest BCUT2D eigenvalue weighted by molar-refractivity contribution is 6.04. The molecule has 1 aromatic carbocycles. The van der Waals surface area contributed by atoms with Crippen molar-refractivity contribution in [1.82, 2.24) is 0 Å². The highest BCUT2D eigenvalue weighted by Gasteiger charge is 2.18. The molecule has 6 nitrogen and oxygen atoms in total. The van der Waals surface area contributed by atoms with E-state index in [2.05, 4.69) is 10.1 Å². The number of carbonyl (C=O) groups is 4. The Balaban J connectivity index is 3.27. The van der Waals surface area contributed by atoms with E-state index in [0.717, 1.165) is 33.9 Å². The first kappa shape index (κ1) is 23.0. The van der Waals surface area contributed by atoms with Crippen LogP contribution in [0.4, 0.5) is 5.69 Å². The molecule has 0 aromatic heterocycles. The van der Waals surface area contributed by atoms with E-state index in [1.54, 1.807) is 0 Å². The molecule has 6 heteroatoms. The van der Waals surface area contributed by atoms with E-state index in [9.17, 15) is 19.2 Å². The first-order valence-corrected chi connectivity index (χ1v) is 9.02. The van der Waals surface area contributed by atoms with E-state index in [4.69, 9.17) is 0 Å². The van der Waals surface area contributed by atoms with Crippen LogP contribution in [0.2, 0.25) is 0 Å². The molecule has 0 aliphatic heterocycles. The number of ketones is 2. The predicted molar refractivity (Wildman–Crippen MR) is 108 cm³/mol. The Kier molecular flexibility index (Phi) is 8.51. The topological polar surface area (TPSA) is 89.5 Å². The van der Waals surface area contributed by atoms with Gasteiger partial charge in [-0.3, -0.25) is 14.4 Å². The Hall–Kier alpha value is -3.02. The molecule has 0 spiro atoms. The van der Waals surface area contributed by atoms with Gasteiger partial charge in [-0.25, -0.2) is 4.79 Å². The number of amides is 1. The average Bonchev–Trinajstić information content (AvgIpc) is 2.65. The lowest BCUT2D eigenvalue weighted by Crippen LogP contribution is -2.15. The standard InChI is InChI=1S/C22H27NO5/c1-7-18-16(5)22(23-20(26)10-8-13(2)24)15(4)14(3)19(18)12-17(25)9-11-21(27)28-6/h8-11H,7,12H2,1-6H3,(H,23,26)/b10-8-,11-9-. The second-order valence-electron chi connectivity index (χ2n) is 6.49. The lowest BCUT2D eigenvalue weighted by Gasteiger charge is -2.21. The maximum absolute atomic E-state index is 12.3. The molecule has 0 fully saturated rings. The number of methoxy groups -OCH3 is 1. The quantitative estimate of drug-likeness (QED) is 0.549. The molecule has 0 atom stereocenters. The van der Waals surface area contributed by atoms with E-state index < -0.39 is 5.97 Å². The Bertz CT molecular complexity index is 862. The van der Waals surface area contributed by atoms with Crippen LogP contribution in [0.15, 0.2) is 24.3 Å². The van der Waals surface area contributed by atoms with Crippen molar-refractivity contribution < 1.29 is 23.9 Å². The fraction of sp³-hybridized carbons (Fsp3) is 0.364. The van der Waals surface area contributed by atoms with Crippen molar-refractivity contribution in [2.45, 2.75) is 47.5 Å². The highest BCUT2D eigenvalue weighted by atomic mass is 16.5. The van der Waals surface area contributed by atoms with Crippen molar-refractivity contribution in [3.05, 3.63) is 52.1 Å². The van der Waals surface area contributed by atoms with E-state index in [-0.39, 0.29) is 23.9 Å². The van der Waals surface area contributed by atoms with Crippen LogP contribution in [0.5, 0.6) is 0 Å². The van der Waals surface area contributed by atoms with E-state index in [1.807, 2.05) is 27.7 Å². The molecule has 1 N–H and O–H groups in total. The molecule has 28 heavy (non-hydrogen) atoms. The van der Waals surface area contributed by atoms with Gasteiger partial charge < -0.3 is 10.1 Å². The van der Waals surface area contributed by atoms with Crippen LogP contribution in [0.1, 0.15) is 41.7 Å². The van der Waals surface area contributed by atoms with Crippen LogP contribution < -0.4 is 5.32 Å². The first-order chi connectivity index (χ1) is 13.1. The van der Waals surface area contributed by atoms with E-state index in [1.165, 1.54) is 32.3 Å². The van der Waals surface area contributed by atoms with Crippen LogP contribution in [-0.2, 0) is 36.8 Å². The minimum absolute atomic E-state index is 0.155. The molecular weight excluding hydrogens is 358 g/mol. The summed E-state index contributed by atoms with van der Waals surface area (Å²) in [5.74, 6) is -1.37. The third-order valence-electron chi connectivity index (χ3n) is 4.61. The van der Waals surface area contributed by atoms with Gasteiger partial charge in [0.05, 0.1) is 7.11 Å². The van der Waals surface area contributed by atoms with Crippen LogP contribution in [-0.4, -0.2) is 30.6 Å². The summed E-state index contributed by atoms with van der Waals surface area (Å²) in [4.78, 5) is 46.6. The average molecular weight is 385 g/mol. The molecule has 0 heterocycles. The Morgan fingerprint density at radius 3 is 2.07 bits per heavy atom. The minimum atomic E-state index is -0.579. The van der Waals surface area contributed by atoms with E-state index >= 15 is 0 Å². The van der Waals surface area contributed by atoms with Crippen molar-refractivity contribution in [3.63, 3.8) is 0 Å². The first-order valence-electron chi connectivity index (χ1n) is 9.02. The second kappa shape index (κ2) is 10.3. The molecule has 0 bridgehead atoms. The SMILES string of the molecule is CCc1c(C)c(NC(=O)/C=C\C(C)=O)c(C)c(C)c1CC(=O)/C=C\C(=O)OC. The number of hydrogen-bond acceptors (Lipinski definition) is 5. The molecule has 0 saturated carbocycles. The third kappa shape index (κ3) is 6.01. The van der Waals surface area contributed by atoms with Gasteiger partial charge in [0.25, 0.3) is 0 Å². The van der Waals surface area contributed by atoms with E-state index in [0.29, 0.717) is 12.1 Å². The summed E-state index contributed by atoms with van der Waals surface area (Å²) in [7, 11) is 1.25. The number of nitrogens with one attached hydrogen (secondary N) is 1. The summed E-state index contributed by atoms with van der Waals surface area (Å²) in [6.45, 7) is 9.04. The predicted octanol–water partition coefficient (Wildman–Crippen LogP) is 3.10. The highest BCUT2D eigenvalue weighted by Crippen LogP contribution is 2.32. The zero-order valence-corrected chi connectivity index (χ0v) is 17.3. The zero-order chi connectivity index (χ0) is 21.4. The Morgan fingerprint density at radius 1 is 0.893 bits per heavy atom. The lowest BCUT2D eigenvalue weighted by atomic mass is 9.87. The van der Waals surface area contributed by atoms with Crippen molar-refractivity contribution >= 4 is 29.1 Å². The number of ether oxygens (including phenoxy) is 1. The molecule has 0 radical (unpaired) electrons. The summed E-state index contributed by atoms with van der Waals surface area (Å²) < 4.78 is 4.50. The summed E-state index contributed by atoms with van der Waals surface area (Å²) >= 11 is 0. The number of benzene rings is 1. The molecule has 150 valence electrons. The van der Waals surface area contributed by atoms with Gasteiger partial charge >= 0.3 is 5.97 Å². The van der Waals surface area contributed by atoms with Gasteiger partial charge in [-0.1, -0.05) is 6.92 Å². The van der Waals surface area contributed by atoms with Gasteiger partial charge in [0.15, 0.2) is 11.6 Å². The van der Waals surface area contributed by atoms with Gasteiger partial charge in [-0.05, 0) is 74.1 Å². The molecule has 0 unspecified atom stereocenters. The molecule has 1 aromatic rings. The number of rotatable bonds is 8. The van der Waals surface area contributed by atoms with Crippen LogP contribution in [0.3, 0.4) is 0 Å². The summed E-state index contributed by atoms with van der Waals surface area (Å²) in [6, 6.07) is 0. The fourth-order valence-electron chi connectivity index (χ4n) is 3.02. The molecule has 0 aliphatic carbocycles.